The molecule has 20 heavy (non-hydrogen) atoms. The van der Waals surface area contributed by atoms with E-state index >= 15 is 0 Å². The number of rotatable bonds is 4. The van der Waals surface area contributed by atoms with Gasteiger partial charge < -0.3 is 15.2 Å². The minimum atomic E-state index is -1.11. The van der Waals surface area contributed by atoms with E-state index in [0.717, 1.165) is 0 Å². The van der Waals surface area contributed by atoms with Gasteiger partial charge in [0, 0.05) is 10.7 Å². The number of methoxy groups -OCH3 is 1. The molecular weight excluding hydrogens is 302 g/mol. The van der Waals surface area contributed by atoms with Crippen LogP contribution in [-0.4, -0.2) is 24.1 Å². The number of benzene rings is 1. The summed E-state index contributed by atoms with van der Waals surface area (Å²) in [6.45, 7) is 0. The fourth-order valence-electron chi connectivity index (χ4n) is 1.60. The van der Waals surface area contributed by atoms with Crippen molar-refractivity contribution in [2.24, 2.45) is 0 Å². The number of carbonyl (C=O) groups is 2. The lowest BCUT2D eigenvalue weighted by Gasteiger charge is -2.07. The Labute approximate surface area is 123 Å². The molecule has 1 heterocycles. The quantitative estimate of drug-likeness (QED) is 0.907. The first-order valence-electron chi connectivity index (χ1n) is 5.48. The molecule has 1 amide bonds. The Morgan fingerprint density at radius 1 is 1.35 bits per heavy atom. The largest absolute Gasteiger partial charge is 0.495 e. The minimum Gasteiger partial charge on any atom is -0.495 e. The van der Waals surface area contributed by atoms with Crippen molar-refractivity contribution in [3.8, 4) is 5.75 Å². The molecule has 0 bridgehead atoms. The third-order valence-electron chi connectivity index (χ3n) is 2.46. The number of hydrogen-bond acceptors (Lipinski definition) is 4. The van der Waals surface area contributed by atoms with Gasteiger partial charge >= 0.3 is 5.97 Å². The number of ether oxygens (including phenoxy) is 1. The van der Waals surface area contributed by atoms with E-state index in [1.807, 2.05) is 0 Å². The average molecular weight is 312 g/mol. The third kappa shape index (κ3) is 3.09. The molecule has 2 aromatic rings. The van der Waals surface area contributed by atoms with Crippen molar-refractivity contribution in [2.45, 2.75) is 0 Å². The molecule has 0 aliphatic rings. The van der Waals surface area contributed by atoms with Gasteiger partial charge in [0.1, 0.15) is 10.6 Å². The Morgan fingerprint density at radius 2 is 2.10 bits per heavy atom. The van der Waals surface area contributed by atoms with Gasteiger partial charge in [-0.15, -0.1) is 11.3 Å². The molecule has 104 valence electrons. The second-order valence-electron chi connectivity index (χ2n) is 3.81. The van der Waals surface area contributed by atoms with Gasteiger partial charge in [-0.2, -0.15) is 0 Å². The van der Waals surface area contributed by atoms with E-state index < -0.39 is 5.97 Å². The smallest absolute Gasteiger partial charge is 0.335 e. The number of aromatic carboxylic acids is 1. The van der Waals surface area contributed by atoms with Crippen LogP contribution in [0.3, 0.4) is 0 Å². The van der Waals surface area contributed by atoms with E-state index in [0.29, 0.717) is 16.3 Å². The lowest BCUT2D eigenvalue weighted by Crippen LogP contribution is -2.12. The minimum absolute atomic E-state index is 0.00550. The summed E-state index contributed by atoms with van der Waals surface area (Å²) in [6.07, 6.45) is 0. The summed E-state index contributed by atoms with van der Waals surface area (Å²) in [5.74, 6) is -1.03. The zero-order valence-electron chi connectivity index (χ0n) is 10.3. The number of amides is 1. The Morgan fingerprint density at radius 3 is 2.75 bits per heavy atom. The predicted molar refractivity (Wildman–Crippen MR) is 77.2 cm³/mol. The normalized spacial score (nSPS) is 10.1. The first-order chi connectivity index (χ1) is 9.51. The Kier molecular flexibility index (Phi) is 4.26. The van der Waals surface area contributed by atoms with Crippen LogP contribution < -0.4 is 10.1 Å². The molecule has 0 unspecified atom stereocenters. The zero-order chi connectivity index (χ0) is 14.7. The molecule has 1 aromatic carbocycles. The molecule has 0 spiro atoms. The summed E-state index contributed by atoms with van der Waals surface area (Å²) in [5, 5.41) is 13.5. The molecule has 0 radical (unpaired) electrons. The number of carboxylic acids is 1. The second-order valence-corrected chi connectivity index (χ2v) is 5.16. The lowest BCUT2D eigenvalue weighted by molar-refractivity contribution is 0.0696. The van der Waals surface area contributed by atoms with Crippen molar-refractivity contribution in [2.75, 3.05) is 12.4 Å². The van der Waals surface area contributed by atoms with E-state index in [1.54, 1.807) is 11.4 Å². The Bertz CT molecular complexity index is 668. The molecule has 2 rings (SSSR count). The standard InChI is InChI=1S/C13H10ClNO4S/c1-19-10-2-3-20-11(10)12(16)15-9-5-7(13(17)18)4-8(14)6-9/h2-6H,1H3,(H,15,16)(H,17,18). The third-order valence-corrected chi connectivity index (χ3v) is 3.57. The number of anilines is 1. The van der Waals surface area contributed by atoms with Crippen LogP contribution in [0.1, 0.15) is 20.0 Å². The van der Waals surface area contributed by atoms with Crippen LogP contribution >= 0.6 is 22.9 Å². The lowest BCUT2D eigenvalue weighted by atomic mass is 10.2. The van der Waals surface area contributed by atoms with E-state index in [9.17, 15) is 9.59 Å². The summed E-state index contributed by atoms with van der Waals surface area (Å²) in [6, 6.07) is 5.81. The number of hydrogen-bond donors (Lipinski definition) is 2. The maximum Gasteiger partial charge on any atom is 0.335 e. The van der Waals surface area contributed by atoms with Gasteiger partial charge in [-0.05, 0) is 29.6 Å². The molecular formula is C13H10ClNO4S. The van der Waals surface area contributed by atoms with E-state index in [-0.39, 0.29) is 16.5 Å². The van der Waals surface area contributed by atoms with E-state index in [1.165, 1.54) is 36.6 Å². The first kappa shape index (κ1) is 14.4. The first-order valence-corrected chi connectivity index (χ1v) is 6.73. The molecule has 5 nitrogen and oxygen atoms in total. The highest BCUT2D eigenvalue weighted by Gasteiger charge is 2.15. The summed E-state index contributed by atoms with van der Waals surface area (Å²) in [4.78, 5) is 23.4. The van der Waals surface area contributed by atoms with Crippen LogP contribution in [0, 0.1) is 0 Å². The highest BCUT2D eigenvalue weighted by molar-refractivity contribution is 7.12. The van der Waals surface area contributed by atoms with Gasteiger partial charge in [-0.1, -0.05) is 11.6 Å². The predicted octanol–water partition coefficient (Wildman–Crippen LogP) is 3.36. The zero-order valence-corrected chi connectivity index (χ0v) is 11.9. The van der Waals surface area contributed by atoms with Crippen LogP contribution in [0.25, 0.3) is 0 Å². The highest BCUT2D eigenvalue weighted by Crippen LogP contribution is 2.26. The summed E-state index contributed by atoms with van der Waals surface area (Å²) < 4.78 is 5.06. The van der Waals surface area contributed by atoms with E-state index in [2.05, 4.69) is 5.32 Å². The maximum atomic E-state index is 12.1. The molecule has 0 saturated carbocycles. The van der Waals surface area contributed by atoms with Crippen molar-refractivity contribution in [1.29, 1.82) is 0 Å². The molecule has 0 aliphatic carbocycles. The molecule has 0 aliphatic heterocycles. The van der Waals surface area contributed by atoms with Gasteiger partial charge in [0.2, 0.25) is 0 Å². The van der Waals surface area contributed by atoms with Gasteiger partial charge in [-0.25, -0.2) is 4.79 Å². The molecule has 2 N–H and O–H groups in total. The number of nitrogens with one attached hydrogen (secondary N) is 1. The van der Waals surface area contributed by atoms with Crippen LogP contribution in [-0.2, 0) is 0 Å². The van der Waals surface area contributed by atoms with Crippen LogP contribution in [0.5, 0.6) is 5.75 Å². The number of carboxylic acid groups (broad SMARTS) is 1. The van der Waals surface area contributed by atoms with Crippen molar-refractivity contribution >= 4 is 40.5 Å². The average Bonchev–Trinajstić information content (AvgIpc) is 2.86. The second kappa shape index (κ2) is 5.94. The Balaban J connectivity index is 2.26. The van der Waals surface area contributed by atoms with Gasteiger partial charge in [0.15, 0.2) is 0 Å². The van der Waals surface area contributed by atoms with Crippen LogP contribution in [0.15, 0.2) is 29.6 Å². The molecule has 7 heteroatoms. The molecule has 0 saturated heterocycles. The molecule has 0 fully saturated rings. The van der Waals surface area contributed by atoms with Crippen LogP contribution in [0.4, 0.5) is 5.69 Å². The Hall–Kier alpha value is -2.05. The van der Waals surface area contributed by atoms with Gasteiger partial charge in [-0.3, -0.25) is 4.79 Å². The SMILES string of the molecule is COc1ccsc1C(=O)Nc1cc(Cl)cc(C(=O)O)c1. The maximum absolute atomic E-state index is 12.1. The molecule has 0 atom stereocenters. The molecule has 1 aromatic heterocycles. The highest BCUT2D eigenvalue weighted by atomic mass is 35.5. The van der Waals surface area contributed by atoms with Crippen molar-refractivity contribution in [3.63, 3.8) is 0 Å². The fourth-order valence-corrected chi connectivity index (χ4v) is 2.59. The van der Waals surface area contributed by atoms with Crippen LogP contribution in [0.2, 0.25) is 5.02 Å². The van der Waals surface area contributed by atoms with Crippen molar-refractivity contribution in [3.05, 3.63) is 45.1 Å². The number of thiophene rings is 1. The van der Waals surface area contributed by atoms with Gasteiger partial charge in [0.05, 0.1) is 12.7 Å². The van der Waals surface area contributed by atoms with Gasteiger partial charge in [0.25, 0.3) is 5.91 Å². The fraction of sp³-hybridized carbons (Fsp3) is 0.0769. The van der Waals surface area contributed by atoms with Crippen molar-refractivity contribution in [1.82, 2.24) is 0 Å². The summed E-state index contributed by atoms with van der Waals surface area (Å²) >= 11 is 7.05. The summed E-state index contributed by atoms with van der Waals surface area (Å²) in [5.41, 5.74) is 0.321. The number of halogens is 1. The van der Waals surface area contributed by atoms with Crippen molar-refractivity contribution < 1.29 is 19.4 Å². The van der Waals surface area contributed by atoms with E-state index in [4.69, 9.17) is 21.4 Å². The topological polar surface area (TPSA) is 75.6 Å². The summed E-state index contributed by atoms with van der Waals surface area (Å²) in [7, 11) is 1.47. The number of carbonyl (C=O) groups excluding carboxylic acids is 1. The monoisotopic (exact) mass is 311 g/mol.